The van der Waals surface area contributed by atoms with Gasteiger partial charge >= 0.3 is 7.12 Å². The van der Waals surface area contributed by atoms with Gasteiger partial charge in [-0.3, -0.25) is 0 Å². The highest BCUT2D eigenvalue weighted by Gasteiger charge is 2.18. The van der Waals surface area contributed by atoms with Crippen LogP contribution < -0.4 is 5.46 Å². The summed E-state index contributed by atoms with van der Waals surface area (Å²) in [5, 5.41) is 22.8. The van der Waals surface area contributed by atoms with Crippen molar-refractivity contribution in [2.24, 2.45) is 0 Å². The molecule has 140 valence electrons. The minimum absolute atomic E-state index is 0.397. The van der Waals surface area contributed by atoms with Crippen molar-refractivity contribution < 1.29 is 18.9 Å². The molecule has 29 heavy (non-hydrogen) atoms. The van der Waals surface area contributed by atoms with Crippen molar-refractivity contribution in [3.63, 3.8) is 0 Å². The molecule has 0 atom stereocenters. The largest absolute Gasteiger partial charge is 0.492 e. The van der Waals surface area contributed by atoms with Crippen LogP contribution in [0.1, 0.15) is 0 Å². The van der Waals surface area contributed by atoms with Crippen LogP contribution in [0.15, 0.2) is 99.8 Å². The fourth-order valence-corrected chi connectivity index (χ4v) is 3.65. The Morgan fingerprint density at radius 3 is 1.48 bits per heavy atom. The summed E-state index contributed by atoms with van der Waals surface area (Å²) in [6.45, 7) is 0. The minimum Gasteiger partial charge on any atom is -0.456 e. The molecule has 6 aromatic rings. The Bertz CT molecular complexity index is 1390. The average Bonchev–Trinajstić information content (AvgIpc) is 3.32. The molecule has 0 radical (unpaired) electrons. The number of hydrogen-bond acceptors (Lipinski definition) is 4. The zero-order chi connectivity index (χ0) is 19.8. The average molecular weight is 380 g/mol. The van der Waals surface area contributed by atoms with Crippen molar-refractivity contribution in [1.82, 2.24) is 0 Å². The molecule has 2 aromatic heterocycles. The van der Waals surface area contributed by atoms with Gasteiger partial charge in [0, 0.05) is 27.0 Å². The lowest BCUT2D eigenvalue weighted by molar-refractivity contribution is 0.425. The molecule has 0 bridgehead atoms. The van der Waals surface area contributed by atoms with E-state index < -0.39 is 7.12 Å². The Balaban J connectivity index is 0.000000128. The first kappa shape index (κ1) is 17.6. The second-order valence-electron chi connectivity index (χ2n) is 6.79. The minimum atomic E-state index is -1.51. The quantitative estimate of drug-likeness (QED) is 0.400. The Hall–Kier alpha value is -3.54. The van der Waals surface area contributed by atoms with E-state index in [9.17, 15) is 10.0 Å². The second-order valence-corrected chi connectivity index (χ2v) is 6.79. The van der Waals surface area contributed by atoms with Crippen molar-refractivity contribution >= 4 is 56.5 Å². The van der Waals surface area contributed by atoms with Gasteiger partial charge in [0.25, 0.3) is 0 Å². The highest BCUT2D eigenvalue weighted by molar-refractivity contribution is 6.61. The molecule has 4 aromatic carbocycles. The van der Waals surface area contributed by atoms with Crippen LogP contribution in [0.25, 0.3) is 43.9 Å². The number of benzene rings is 4. The summed E-state index contributed by atoms with van der Waals surface area (Å²) in [5.41, 5.74) is 3.62. The van der Waals surface area contributed by atoms with Crippen LogP contribution in [0, 0.1) is 0 Å². The van der Waals surface area contributed by atoms with Gasteiger partial charge in [-0.25, -0.2) is 0 Å². The normalized spacial score (nSPS) is 11.1. The lowest BCUT2D eigenvalue weighted by atomic mass is 9.79. The number of fused-ring (bicyclic) bond motifs is 6. The molecular formula is C24H17BO4. The Morgan fingerprint density at radius 2 is 0.931 bits per heavy atom. The number of rotatable bonds is 1. The van der Waals surface area contributed by atoms with Crippen LogP contribution in [-0.2, 0) is 0 Å². The summed E-state index contributed by atoms with van der Waals surface area (Å²) >= 11 is 0. The van der Waals surface area contributed by atoms with Crippen LogP contribution in [0.3, 0.4) is 0 Å². The lowest BCUT2D eigenvalue weighted by Gasteiger charge is -1.98. The summed E-state index contributed by atoms with van der Waals surface area (Å²) in [4.78, 5) is 0. The zero-order valence-electron chi connectivity index (χ0n) is 15.4. The van der Waals surface area contributed by atoms with Crippen LogP contribution in [0.5, 0.6) is 0 Å². The highest BCUT2D eigenvalue weighted by Crippen LogP contribution is 2.28. The number of hydrogen-bond donors (Lipinski definition) is 2. The third-order valence-electron chi connectivity index (χ3n) is 5.00. The van der Waals surface area contributed by atoms with Crippen molar-refractivity contribution in [3.05, 3.63) is 91.0 Å². The molecule has 2 heterocycles. The maximum Gasteiger partial charge on any atom is 0.492 e. The van der Waals surface area contributed by atoms with Crippen molar-refractivity contribution in [2.45, 2.75) is 0 Å². The molecule has 0 spiro atoms. The lowest BCUT2D eigenvalue weighted by Crippen LogP contribution is -2.29. The first-order valence-corrected chi connectivity index (χ1v) is 9.35. The van der Waals surface area contributed by atoms with E-state index in [1.807, 2.05) is 66.7 Å². The van der Waals surface area contributed by atoms with Crippen molar-refractivity contribution in [1.29, 1.82) is 0 Å². The van der Waals surface area contributed by atoms with Gasteiger partial charge in [-0.05, 0) is 18.2 Å². The summed E-state index contributed by atoms with van der Waals surface area (Å²) in [7, 11) is -1.51. The van der Waals surface area contributed by atoms with Crippen LogP contribution in [0.2, 0.25) is 0 Å². The summed E-state index contributed by atoms with van der Waals surface area (Å²) < 4.78 is 11.3. The molecule has 0 aliphatic carbocycles. The number of furan rings is 2. The molecule has 4 nitrogen and oxygen atoms in total. The van der Waals surface area contributed by atoms with Crippen LogP contribution >= 0.6 is 0 Å². The zero-order valence-corrected chi connectivity index (χ0v) is 15.4. The highest BCUT2D eigenvalue weighted by atomic mass is 16.4. The van der Waals surface area contributed by atoms with E-state index in [0.29, 0.717) is 11.0 Å². The molecule has 0 saturated heterocycles. The van der Waals surface area contributed by atoms with E-state index in [1.165, 1.54) is 10.8 Å². The van der Waals surface area contributed by atoms with Gasteiger partial charge in [0.05, 0.1) is 0 Å². The molecule has 0 saturated carbocycles. The summed E-state index contributed by atoms with van der Waals surface area (Å²) in [6.07, 6.45) is 0. The molecule has 5 heteroatoms. The third-order valence-corrected chi connectivity index (χ3v) is 5.00. The molecular weight excluding hydrogens is 363 g/mol. The maximum absolute atomic E-state index is 9.24. The smallest absolute Gasteiger partial charge is 0.456 e. The molecule has 0 aliphatic heterocycles. The summed E-state index contributed by atoms with van der Waals surface area (Å²) in [6, 6.07) is 29.2. The fourth-order valence-electron chi connectivity index (χ4n) is 3.65. The monoisotopic (exact) mass is 380 g/mol. The van der Waals surface area contributed by atoms with Gasteiger partial charge in [0.1, 0.15) is 22.3 Å². The molecule has 2 N–H and O–H groups in total. The van der Waals surface area contributed by atoms with E-state index >= 15 is 0 Å². The molecule has 0 amide bonds. The van der Waals surface area contributed by atoms with Gasteiger partial charge < -0.3 is 18.9 Å². The van der Waals surface area contributed by atoms with Gasteiger partial charge in [-0.1, -0.05) is 72.8 Å². The molecule has 0 aliphatic rings. The third kappa shape index (κ3) is 3.07. The SMILES string of the molecule is OB(O)c1cccc2c1oc1ccccc12.c1ccc2c(c1)oc1ccccc12. The number of para-hydroxylation sites is 4. The molecule has 0 unspecified atom stereocenters. The van der Waals surface area contributed by atoms with E-state index in [-0.39, 0.29) is 0 Å². The predicted molar refractivity (Wildman–Crippen MR) is 117 cm³/mol. The fraction of sp³-hybridized carbons (Fsp3) is 0. The molecule has 6 rings (SSSR count). The Morgan fingerprint density at radius 1 is 0.483 bits per heavy atom. The molecule has 0 fully saturated rings. The van der Waals surface area contributed by atoms with Gasteiger partial charge in [-0.2, -0.15) is 0 Å². The predicted octanol–water partition coefficient (Wildman–Crippen LogP) is 4.85. The topological polar surface area (TPSA) is 66.7 Å². The first-order chi connectivity index (χ1) is 14.2. The Kier molecular flexibility index (Phi) is 4.32. The van der Waals surface area contributed by atoms with E-state index in [0.717, 1.165) is 27.5 Å². The maximum atomic E-state index is 9.24. The van der Waals surface area contributed by atoms with Crippen LogP contribution in [-0.4, -0.2) is 17.2 Å². The van der Waals surface area contributed by atoms with E-state index in [1.54, 1.807) is 12.1 Å². The van der Waals surface area contributed by atoms with Crippen molar-refractivity contribution in [3.8, 4) is 0 Å². The van der Waals surface area contributed by atoms with Crippen molar-refractivity contribution in [2.75, 3.05) is 0 Å². The van der Waals surface area contributed by atoms with Gasteiger partial charge in [-0.15, -0.1) is 0 Å². The Labute approximate surface area is 166 Å². The van der Waals surface area contributed by atoms with Crippen LogP contribution in [0.4, 0.5) is 0 Å². The van der Waals surface area contributed by atoms with E-state index in [2.05, 4.69) is 12.1 Å². The summed E-state index contributed by atoms with van der Waals surface area (Å²) in [5.74, 6) is 0. The standard InChI is InChI=1S/C12H9BO3.C12H8O/c14-13(15)10-6-3-5-9-8-4-1-2-7-11(8)16-12(9)10;1-3-7-11-9(5-1)10-6-2-4-8-12(10)13-11/h1-7,14-15H;1-8H. The second kappa shape index (κ2) is 7.13. The first-order valence-electron chi connectivity index (χ1n) is 9.35. The van der Waals surface area contributed by atoms with Gasteiger partial charge in [0.15, 0.2) is 0 Å². The van der Waals surface area contributed by atoms with Gasteiger partial charge in [0.2, 0.25) is 0 Å². The van der Waals surface area contributed by atoms with E-state index in [4.69, 9.17) is 8.83 Å².